The number of carbonyl (C=O) groups excluding carboxylic acids is 1. The zero-order valence-corrected chi connectivity index (χ0v) is 10.6. The number of amides is 2. The van der Waals surface area contributed by atoms with Gasteiger partial charge in [0.25, 0.3) is 0 Å². The van der Waals surface area contributed by atoms with Crippen LogP contribution in [0.1, 0.15) is 12.8 Å². The van der Waals surface area contributed by atoms with Gasteiger partial charge in [0.1, 0.15) is 6.04 Å². The van der Waals surface area contributed by atoms with Crippen LogP contribution in [0, 0.1) is 0 Å². The van der Waals surface area contributed by atoms with Crippen LogP contribution in [0.4, 0.5) is 4.79 Å². The third-order valence-corrected chi connectivity index (χ3v) is 3.56. The highest BCUT2D eigenvalue weighted by Crippen LogP contribution is 2.17. The predicted octanol–water partition coefficient (Wildman–Crippen LogP) is -0.593. The van der Waals surface area contributed by atoms with Crippen LogP contribution < -0.4 is 5.43 Å². The number of nitrogens with one attached hydrogen (secondary N) is 1. The Hall–Kier alpha value is -1.34. The van der Waals surface area contributed by atoms with E-state index in [4.69, 9.17) is 5.11 Å². The first-order valence-electron chi connectivity index (χ1n) is 6.31. The van der Waals surface area contributed by atoms with E-state index in [0.717, 1.165) is 32.6 Å². The molecular weight excluding hydrogens is 236 g/mol. The largest absolute Gasteiger partial charge is 0.480 e. The number of carboxylic acids is 1. The molecule has 0 unspecified atom stereocenters. The second-order valence-corrected chi connectivity index (χ2v) is 4.90. The van der Waals surface area contributed by atoms with Gasteiger partial charge in [0, 0.05) is 32.7 Å². The average molecular weight is 256 g/mol. The van der Waals surface area contributed by atoms with Crippen LogP contribution in [0.3, 0.4) is 0 Å². The van der Waals surface area contributed by atoms with E-state index in [9.17, 15) is 9.59 Å². The Bertz CT molecular complexity index is 328. The van der Waals surface area contributed by atoms with Crippen LogP contribution in [-0.4, -0.2) is 77.7 Å². The lowest BCUT2D eigenvalue weighted by molar-refractivity contribution is -0.141. The van der Waals surface area contributed by atoms with Crippen molar-refractivity contribution in [3.05, 3.63) is 0 Å². The minimum atomic E-state index is -0.916. The fraction of sp³-hybridized carbons (Fsp3) is 0.818. The smallest absolute Gasteiger partial charge is 0.332 e. The van der Waals surface area contributed by atoms with Gasteiger partial charge in [0.2, 0.25) is 0 Å². The van der Waals surface area contributed by atoms with Crippen LogP contribution in [-0.2, 0) is 4.79 Å². The zero-order valence-electron chi connectivity index (χ0n) is 10.6. The lowest BCUT2D eigenvalue weighted by Gasteiger charge is -2.34. The van der Waals surface area contributed by atoms with E-state index in [1.807, 2.05) is 12.1 Å². The molecule has 7 heteroatoms. The van der Waals surface area contributed by atoms with Crippen molar-refractivity contribution in [1.82, 2.24) is 20.2 Å². The van der Waals surface area contributed by atoms with Crippen molar-refractivity contribution >= 4 is 12.0 Å². The van der Waals surface area contributed by atoms with Crippen molar-refractivity contribution in [3.8, 4) is 0 Å². The summed E-state index contributed by atoms with van der Waals surface area (Å²) in [6.07, 6.45) is 1.30. The molecule has 0 spiro atoms. The van der Waals surface area contributed by atoms with Gasteiger partial charge in [-0.1, -0.05) is 0 Å². The zero-order chi connectivity index (χ0) is 13.1. The molecule has 0 aliphatic carbocycles. The van der Waals surface area contributed by atoms with Gasteiger partial charge in [-0.25, -0.2) is 14.6 Å². The number of hydrogen-bond acceptors (Lipinski definition) is 4. The van der Waals surface area contributed by atoms with E-state index in [-0.39, 0.29) is 6.03 Å². The number of nitrogens with zero attached hydrogens (tertiary/aromatic N) is 3. The van der Waals surface area contributed by atoms with Gasteiger partial charge in [0.15, 0.2) is 0 Å². The summed E-state index contributed by atoms with van der Waals surface area (Å²) in [4.78, 5) is 26.6. The summed E-state index contributed by atoms with van der Waals surface area (Å²) < 4.78 is 0. The molecule has 102 valence electrons. The highest BCUT2D eigenvalue weighted by atomic mass is 16.4. The molecule has 18 heavy (non-hydrogen) atoms. The molecule has 2 amide bonds. The van der Waals surface area contributed by atoms with Crippen LogP contribution in [0.5, 0.6) is 0 Å². The van der Waals surface area contributed by atoms with Crippen LogP contribution >= 0.6 is 0 Å². The molecule has 2 aliphatic rings. The molecule has 0 aromatic carbocycles. The summed E-state index contributed by atoms with van der Waals surface area (Å²) in [7, 11) is 2.04. The summed E-state index contributed by atoms with van der Waals surface area (Å²) in [5, 5.41) is 10.9. The molecule has 2 fully saturated rings. The minimum Gasteiger partial charge on any atom is -0.480 e. The number of rotatable bonds is 2. The van der Waals surface area contributed by atoms with Crippen LogP contribution in [0.2, 0.25) is 0 Å². The number of piperazine rings is 1. The Balaban J connectivity index is 1.86. The molecule has 2 heterocycles. The van der Waals surface area contributed by atoms with E-state index < -0.39 is 12.0 Å². The molecule has 0 bridgehead atoms. The number of hydrazine groups is 1. The van der Waals surface area contributed by atoms with Crippen molar-refractivity contribution in [2.24, 2.45) is 0 Å². The Labute approximate surface area is 106 Å². The first-order valence-corrected chi connectivity index (χ1v) is 6.31. The lowest BCUT2D eigenvalue weighted by atomic mass is 10.2. The number of carbonyl (C=O) groups is 2. The monoisotopic (exact) mass is 256 g/mol. The van der Waals surface area contributed by atoms with E-state index in [0.29, 0.717) is 13.0 Å². The number of urea groups is 1. The number of hydrogen-bond donors (Lipinski definition) is 2. The number of likely N-dealkylation sites (tertiary alicyclic amines) is 1. The van der Waals surface area contributed by atoms with Gasteiger partial charge in [0.05, 0.1) is 0 Å². The maximum Gasteiger partial charge on any atom is 0.332 e. The van der Waals surface area contributed by atoms with Gasteiger partial charge in [-0.05, 0) is 19.9 Å². The van der Waals surface area contributed by atoms with Crippen LogP contribution in [0.25, 0.3) is 0 Å². The van der Waals surface area contributed by atoms with Gasteiger partial charge in [-0.15, -0.1) is 0 Å². The summed E-state index contributed by atoms with van der Waals surface area (Å²) in [6.45, 7) is 3.88. The fourth-order valence-electron chi connectivity index (χ4n) is 2.38. The maximum atomic E-state index is 12.0. The predicted molar refractivity (Wildman–Crippen MR) is 65.0 cm³/mol. The molecule has 0 radical (unpaired) electrons. The second kappa shape index (κ2) is 5.53. The topological polar surface area (TPSA) is 76.1 Å². The number of aliphatic carboxylic acids is 1. The summed E-state index contributed by atoms with van der Waals surface area (Å²) in [6, 6.07) is -0.957. The molecule has 7 nitrogen and oxygen atoms in total. The Morgan fingerprint density at radius 1 is 1.17 bits per heavy atom. The van der Waals surface area contributed by atoms with Gasteiger partial charge in [-0.3, -0.25) is 5.43 Å². The van der Waals surface area contributed by atoms with Crippen molar-refractivity contribution in [1.29, 1.82) is 0 Å². The van der Waals surface area contributed by atoms with Gasteiger partial charge >= 0.3 is 12.0 Å². The third-order valence-electron chi connectivity index (χ3n) is 3.56. The quantitative estimate of drug-likeness (QED) is 0.690. The first-order chi connectivity index (χ1) is 8.58. The number of likely N-dealkylation sites (N-methyl/N-ethyl adjacent to an activating group) is 1. The van der Waals surface area contributed by atoms with E-state index in [1.54, 1.807) is 0 Å². The first kappa shape index (κ1) is 13.1. The Morgan fingerprint density at radius 3 is 2.44 bits per heavy atom. The summed E-state index contributed by atoms with van der Waals surface area (Å²) >= 11 is 0. The van der Waals surface area contributed by atoms with Crippen LogP contribution in [0.15, 0.2) is 0 Å². The van der Waals surface area contributed by atoms with Crippen molar-refractivity contribution in [2.75, 3.05) is 39.8 Å². The number of carboxylic acid groups (broad SMARTS) is 1. The van der Waals surface area contributed by atoms with E-state index in [2.05, 4.69) is 10.3 Å². The normalized spacial score (nSPS) is 26.3. The molecule has 2 saturated heterocycles. The van der Waals surface area contributed by atoms with Crippen molar-refractivity contribution in [3.63, 3.8) is 0 Å². The van der Waals surface area contributed by atoms with Crippen molar-refractivity contribution < 1.29 is 14.7 Å². The van der Waals surface area contributed by atoms with E-state index in [1.165, 1.54) is 4.90 Å². The molecule has 0 aromatic heterocycles. The van der Waals surface area contributed by atoms with Gasteiger partial charge < -0.3 is 14.9 Å². The SMILES string of the molecule is CN1CCN(NC(=O)N2CCC[C@H]2C(=O)O)CC1. The molecule has 2 aliphatic heterocycles. The standard InChI is InChI=1S/C11H20N4O3/c1-13-5-7-14(8-6-13)12-11(18)15-4-2-3-9(15)10(16)17/h9H,2-8H2,1H3,(H,12,18)(H,16,17)/t9-/m0/s1. The second-order valence-electron chi connectivity index (χ2n) is 4.90. The minimum absolute atomic E-state index is 0.288. The lowest BCUT2D eigenvalue weighted by Crippen LogP contribution is -2.56. The molecule has 1 atom stereocenters. The Morgan fingerprint density at radius 2 is 1.83 bits per heavy atom. The van der Waals surface area contributed by atoms with Gasteiger partial charge in [-0.2, -0.15) is 0 Å². The Kier molecular flexibility index (Phi) is 4.03. The highest BCUT2D eigenvalue weighted by Gasteiger charge is 2.34. The molecular formula is C11H20N4O3. The molecule has 2 rings (SSSR count). The molecule has 2 N–H and O–H groups in total. The molecule has 0 saturated carbocycles. The van der Waals surface area contributed by atoms with E-state index >= 15 is 0 Å². The summed E-state index contributed by atoms with van der Waals surface area (Å²) in [5.74, 6) is -0.916. The molecule has 0 aromatic rings. The third kappa shape index (κ3) is 2.91. The fourth-order valence-corrected chi connectivity index (χ4v) is 2.38. The summed E-state index contributed by atoms with van der Waals surface area (Å²) in [5.41, 5.74) is 2.80. The highest BCUT2D eigenvalue weighted by molar-refractivity contribution is 5.83. The average Bonchev–Trinajstić information content (AvgIpc) is 2.81. The maximum absolute atomic E-state index is 12.0. The van der Waals surface area contributed by atoms with Crippen molar-refractivity contribution in [2.45, 2.75) is 18.9 Å².